The summed E-state index contributed by atoms with van der Waals surface area (Å²) >= 11 is 1.19. The van der Waals surface area contributed by atoms with Gasteiger partial charge in [0, 0.05) is 0 Å². The lowest BCUT2D eigenvalue weighted by Crippen LogP contribution is -2.19. The highest BCUT2D eigenvalue weighted by atomic mass is 32.2. The molecule has 3 rings (SSSR count). The Morgan fingerprint density at radius 1 is 1.17 bits per heavy atom. The summed E-state index contributed by atoms with van der Waals surface area (Å²) in [4.78, 5) is 16.9. The third-order valence-corrected chi connectivity index (χ3v) is 4.17. The van der Waals surface area contributed by atoms with E-state index in [0.717, 1.165) is 0 Å². The molecule has 0 bridgehead atoms. The number of phenols is 2. The van der Waals surface area contributed by atoms with E-state index in [1.165, 1.54) is 23.9 Å². The van der Waals surface area contributed by atoms with E-state index < -0.39 is 0 Å². The molecule has 0 unspecified atom stereocenters. The molecule has 6 nitrogen and oxygen atoms in total. The van der Waals surface area contributed by atoms with Gasteiger partial charge in [0.1, 0.15) is 11.4 Å². The molecule has 2 aromatic carbocycles. The van der Waals surface area contributed by atoms with E-state index in [-0.39, 0.29) is 17.4 Å². The van der Waals surface area contributed by atoms with E-state index in [1.807, 2.05) is 12.1 Å². The highest BCUT2D eigenvalue weighted by molar-refractivity contribution is 8.18. The van der Waals surface area contributed by atoms with Crippen LogP contribution in [0.25, 0.3) is 6.08 Å². The molecule has 1 aliphatic heterocycles. The van der Waals surface area contributed by atoms with Crippen molar-refractivity contribution in [1.29, 1.82) is 0 Å². The minimum Gasteiger partial charge on any atom is -0.504 e. The Morgan fingerprint density at radius 2 is 1.96 bits per heavy atom. The van der Waals surface area contributed by atoms with Gasteiger partial charge in [-0.15, -0.1) is 0 Å². The van der Waals surface area contributed by atoms with E-state index in [1.54, 1.807) is 31.4 Å². The van der Waals surface area contributed by atoms with Crippen LogP contribution in [-0.2, 0) is 4.79 Å². The van der Waals surface area contributed by atoms with E-state index in [2.05, 4.69) is 10.3 Å². The fourth-order valence-corrected chi connectivity index (χ4v) is 2.93. The summed E-state index contributed by atoms with van der Waals surface area (Å²) in [6.45, 7) is 0. The Bertz CT molecular complexity index is 861. The first kappa shape index (κ1) is 15.9. The number of amidine groups is 1. The number of ether oxygens (including phenoxy) is 1. The molecule has 1 fully saturated rings. The lowest BCUT2D eigenvalue weighted by Gasteiger charge is -2.03. The van der Waals surface area contributed by atoms with Gasteiger partial charge < -0.3 is 20.3 Å². The Labute approximate surface area is 142 Å². The summed E-state index contributed by atoms with van der Waals surface area (Å²) in [5.74, 6) is -0.114. The van der Waals surface area contributed by atoms with Crippen molar-refractivity contribution in [3.05, 3.63) is 52.9 Å². The van der Waals surface area contributed by atoms with Crippen LogP contribution < -0.4 is 10.1 Å². The number of para-hydroxylation sites is 2. The average molecular weight is 342 g/mol. The number of methoxy groups -OCH3 is 1. The fraction of sp³-hybridized carbons (Fsp3) is 0.0588. The Kier molecular flexibility index (Phi) is 4.43. The first-order valence-corrected chi connectivity index (χ1v) is 7.83. The zero-order valence-corrected chi connectivity index (χ0v) is 13.5. The van der Waals surface area contributed by atoms with Gasteiger partial charge in [0.25, 0.3) is 5.91 Å². The Balaban J connectivity index is 1.86. The molecular weight excluding hydrogens is 328 g/mol. The maximum Gasteiger partial charge on any atom is 0.264 e. The number of hydrogen-bond donors (Lipinski definition) is 3. The predicted octanol–water partition coefficient (Wildman–Crippen LogP) is 3.00. The van der Waals surface area contributed by atoms with Crippen LogP contribution in [0.1, 0.15) is 5.56 Å². The lowest BCUT2D eigenvalue weighted by atomic mass is 10.2. The second kappa shape index (κ2) is 6.67. The summed E-state index contributed by atoms with van der Waals surface area (Å²) in [7, 11) is 1.56. The SMILES string of the molecule is COc1ccccc1N=C1NC(=O)/C(=C/c2ccc(O)c(O)c2)S1. The number of aromatic hydroxyl groups is 2. The van der Waals surface area contributed by atoms with Crippen molar-refractivity contribution in [3.63, 3.8) is 0 Å². The highest BCUT2D eigenvalue weighted by Crippen LogP contribution is 2.33. The second-order valence-corrected chi connectivity index (χ2v) is 5.93. The van der Waals surface area contributed by atoms with Crippen LogP contribution in [0.5, 0.6) is 17.2 Å². The van der Waals surface area contributed by atoms with Gasteiger partial charge in [-0.2, -0.15) is 0 Å². The highest BCUT2D eigenvalue weighted by Gasteiger charge is 2.24. The molecule has 0 spiro atoms. The first-order chi connectivity index (χ1) is 11.6. The van der Waals surface area contributed by atoms with Crippen LogP contribution >= 0.6 is 11.8 Å². The molecule has 3 N–H and O–H groups in total. The smallest absolute Gasteiger partial charge is 0.264 e. The van der Waals surface area contributed by atoms with Crippen molar-refractivity contribution in [1.82, 2.24) is 5.32 Å². The Morgan fingerprint density at radius 3 is 2.71 bits per heavy atom. The molecule has 1 amide bonds. The summed E-state index contributed by atoms with van der Waals surface area (Å²) in [6.07, 6.45) is 1.61. The predicted molar refractivity (Wildman–Crippen MR) is 93.6 cm³/mol. The van der Waals surface area contributed by atoms with Crippen molar-refractivity contribution >= 4 is 34.6 Å². The minimum absolute atomic E-state index is 0.209. The Hall–Kier alpha value is -2.93. The number of nitrogens with one attached hydrogen (secondary N) is 1. The molecule has 0 saturated carbocycles. The standard InChI is InChI=1S/C17H14N2O4S/c1-23-14-5-3-2-4-11(14)18-17-19-16(22)15(24-17)9-10-6-7-12(20)13(21)8-10/h2-9,20-21H,1H3,(H,18,19,22)/b15-9-. The molecule has 0 aromatic heterocycles. The molecule has 1 aliphatic rings. The monoisotopic (exact) mass is 342 g/mol. The number of thioether (sulfide) groups is 1. The van der Waals surface area contributed by atoms with E-state index >= 15 is 0 Å². The van der Waals surface area contributed by atoms with Gasteiger partial charge in [-0.25, -0.2) is 4.99 Å². The van der Waals surface area contributed by atoms with Crippen LogP contribution in [0.4, 0.5) is 5.69 Å². The molecule has 24 heavy (non-hydrogen) atoms. The van der Waals surface area contributed by atoms with E-state index in [4.69, 9.17) is 4.74 Å². The average Bonchev–Trinajstić information content (AvgIpc) is 2.91. The van der Waals surface area contributed by atoms with E-state index in [0.29, 0.717) is 27.1 Å². The van der Waals surface area contributed by atoms with Crippen LogP contribution in [0.3, 0.4) is 0 Å². The van der Waals surface area contributed by atoms with Crippen LogP contribution in [-0.4, -0.2) is 28.4 Å². The fourth-order valence-electron chi connectivity index (χ4n) is 2.09. The van der Waals surface area contributed by atoms with Gasteiger partial charge in [0.15, 0.2) is 16.7 Å². The normalized spacial score (nSPS) is 17.3. The van der Waals surface area contributed by atoms with Crippen LogP contribution in [0.2, 0.25) is 0 Å². The molecule has 1 saturated heterocycles. The topological polar surface area (TPSA) is 91.2 Å². The molecule has 0 radical (unpaired) electrons. The van der Waals surface area contributed by atoms with E-state index in [9.17, 15) is 15.0 Å². The maximum atomic E-state index is 12.1. The van der Waals surface area contributed by atoms with Crippen molar-refractivity contribution in [2.75, 3.05) is 7.11 Å². The number of phenolic OH excluding ortho intramolecular Hbond substituents is 2. The molecular formula is C17H14N2O4S. The summed E-state index contributed by atoms with van der Waals surface area (Å²) < 4.78 is 5.23. The van der Waals surface area contributed by atoms with Gasteiger partial charge in [0.2, 0.25) is 0 Å². The molecule has 122 valence electrons. The molecule has 0 atom stereocenters. The number of amides is 1. The summed E-state index contributed by atoms with van der Waals surface area (Å²) in [5.41, 5.74) is 1.22. The van der Waals surface area contributed by atoms with Crippen molar-refractivity contribution < 1.29 is 19.7 Å². The van der Waals surface area contributed by atoms with Crippen molar-refractivity contribution in [2.24, 2.45) is 4.99 Å². The third-order valence-electron chi connectivity index (χ3n) is 3.26. The number of benzene rings is 2. The van der Waals surface area contributed by atoms with Gasteiger partial charge in [-0.1, -0.05) is 18.2 Å². The number of rotatable bonds is 3. The van der Waals surface area contributed by atoms with Crippen molar-refractivity contribution in [3.8, 4) is 17.2 Å². The number of aliphatic imine (C=N–C) groups is 1. The maximum absolute atomic E-state index is 12.1. The van der Waals surface area contributed by atoms with Crippen LogP contribution in [0, 0.1) is 0 Å². The lowest BCUT2D eigenvalue weighted by molar-refractivity contribution is -0.115. The summed E-state index contributed by atoms with van der Waals surface area (Å²) in [5, 5.41) is 22.0. The number of carbonyl (C=O) groups excluding carboxylic acids is 1. The second-order valence-electron chi connectivity index (χ2n) is 4.90. The zero-order valence-electron chi connectivity index (χ0n) is 12.7. The zero-order chi connectivity index (χ0) is 17.1. The molecule has 0 aliphatic carbocycles. The number of nitrogens with zero attached hydrogens (tertiary/aromatic N) is 1. The molecule has 1 heterocycles. The molecule has 7 heteroatoms. The number of hydrogen-bond acceptors (Lipinski definition) is 6. The quantitative estimate of drug-likeness (QED) is 0.589. The van der Waals surface area contributed by atoms with Gasteiger partial charge >= 0.3 is 0 Å². The van der Waals surface area contributed by atoms with Crippen molar-refractivity contribution in [2.45, 2.75) is 0 Å². The van der Waals surface area contributed by atoms with Crippen LogP contribution in [0.15, 0.2) is 52.4 Å². The molecule has 2 aromatic rings. The largest absolute Gasteiger partial charge is 0.504 e. The third kappa shape index (κ3) is 3.36. The van der Waals surface area contributed by atoms with Gasteiger partial charge in [0.05, 0.1) is 12.0 Å². The van der Waals surface area contributed by atoms with Gasteiger partial charge in [-0.3, -0.25) is 4.79 Å². The van der Waals surface area contributed by atoms with Gasteiger partial charge in [-0.05, 0) is 47.7 Å². The first-order valence-electron chi connectivity index (χ1n) is 7.01. The summed E-state index contributed by atoms with van der Waals surface area (Å²) in [6, 6.07) is 11.6. The minimum atomic E-state index is -0.277. The number of carbonyl (C=O) groups is 1.